The van der Waals surface area contributed by atoms with Crippen LogP contribution in [0.3, 0.4) is 0 Å². The van der Waals surface area contributed by atoms with E-state index in [2.05, 4.69) is 20.9 Å². The van der Waals surface area contributed by atoms with Gasteiger partial charge in [0.15, 0.2) is 5.11 Å². The number of rotatable bonds is 5. The number of anilines is 1. The first-order chi connectivity index (χ1) is 14.5. The van der Waals surface area contributed by atoms with Gasteiger partial charge in [0.2, 0.25) is 11.8 Å². The number of piperazine rings is 1. The lowest BCUT2D eigenvalue weighted by atomic mass is 10.0. The minimum Gasteiger partial charge on any atom is -0.358 e. The fourth-order valence-corrected chi connectivity index (χ4v) is 5.06. The molecule has 0 radical (unpaired) electrons. The Morgan fingerprint density at radius 2 is 1.97 bits per heavy atom. The van der Waals surface area contributed by atoms with Gasteiger partial charge in [-0.3, -0.25) is 14.5 Å². The summed E-state index contributed by atoms with van der Waals surface area (Å²) in [5.74, 6) is 0.307. The molecule has 3 saturated heterocycles. The highest BCUT2D eigenvalue weighted by Gasteiger charge is 2.43. The fraction of sp³-hybridized carbons (Fsp3) is 0.571. The second-order valence-corrected chi connectivity index (χ2v) is 9.12. The van der Waals surface area contributed by atoms with Crippen LogP contribution < -0.4 is 16.0 Å². The number of halogens is 1. The van der Waals surface area contributed by atoms with E-state index < -0.39 is 0 Å². The highest BCUT2D eigenvalue weighted by atomic mass is 35.5. The van der Waals surface area contributed by atoms with Crippen LogP contribution in [0, 0.1) is 0 Å². The number of carbonyl (C=O) groups excluding carboxylic acids is 2. The first kappa shape index (κ1) is 21.3. The third kappa shape index (κ3) is 5.04. The van der Waals surface area contributed by atoms with Crippen LogP contribution in [0.5, 0.6) is 0 Å². The number of carbonyl (C=O) groups is 2. The van der Waals surface area contributed by atoms with E-state index in [-0.39, 0.29) is 29.9 Å². The van der Waals surface area contributed by atoms with Gasteiger partial charge in [-0.2, -0.15) is 0 Å². The van der Waals surface area contributed by atoms with Crippen molar-refractivity contribution in [1.29, 1.82) is 0 Å². The molecule has 30 heavy (non-hydrogen) atoms. The molecular weight excluding hydrogens is 422 g/mol. The van der Waals surface area contributed by atoms with Crippen molar-refractivity contribution in [3.63, 3.8) is 0 Å². The van der Waals surface area contributed by atoms with E-state index in [0.717, 1.165) is 44.6 Å². The van der Waals surface area contributed by atoms with E-state index in [1.165, 1.54) is 0 Å². The maximum absolute atomic E-state index is 12.4. The molecule has 0 spiro atoms. The molecule has 3 N–H and O–H groups in total. The maximum Gasteiger partial charge on any atom is 0.237 e. The molecule has 1 aromatic carbocycles. The summed E-state index contributed by atoms with van der Waals surface area (Å²) in [6.07, 6.45) is 4.23. The molecule has 3 heterocycles. The summed E-state index contributed by atoms with van der Waals surface area (Å²) in [5.41, 5.74) is 0.865. The molecule has 2 amide bonds. The Morgan fingerprint density at radius 3 is 2.70 bits per heavy atom. The molecule has 0 bridgehead atoms. The molecule has 3 atom stereocenters. The van der Waals surface area contributed by atoms with Crippen LogP contribution in [-0.4, -0.2) is 71.0 Å². The molecule has 3 aliphatic heterocycles. The molecule has 162 valence electrons. The van der Waals surface area contributed by atoms with Crippen LogP contribution in [0.25, 0.3) is 0 Å². The largest absolute Gasteiger partial charge is 0.358 e. The lowest BCUT2D eigenvalue weighted by Crippen LogP contribution is -2.58. The molecule has 1 aromatic rings. The molecule has 0 saturated carbocycles. The summed E-state index contributed by atoms with van der Waals surface area (Å²) in [6, 6.07) is 7.46. The second-order valence-electron chi connectivity index (χ2n) is 8.28. The summed E-state index contributed by atoms with van der Waals surface area (Å²) in [6.45, 7) is 3.11. The van der Waals surface area contributed by atoms with E-state index in [0.29, 0.717) is 29.5 Å². The lowest BCUT2D eigenvalue weighted by molar-refractivity contribution is -0.131. The van der Waals surface area contributed by atoms with E-state index in [1.807, 2.05) is 17.0 Å². The Balaban J connectivity index is 1.30. The number of amides is 2. The molecule has 3 aliphatic rings. The molecule has 0 unspecified atom stereocenters. The highest BCUT2D eigenvalue weighted by molar-refractivity contribution is 7.80. The van der Waals surface area contributed by atoms with E-state index in [9.17, 15) is 9.59 Å². The van der Waals surface area contributed by atoms with E-state index in [4.69, 9.17) is 23.8 Å². The number of hydrogen-bond acceptors (Lipinski definition) is 4. The van der Waals surface area contributed by atoms with Crippen LogP contribution in [0.15, 0.2) is 24.3 Å². The van der Waals surface area contributed by atoms with Gasteiger partial charge >= 0.3 is 0 Å². The van der Waals surface area contributed by atoms with Gasteiger partial charge in [-0.15, -0.1) is 0 Å². The van der Waals surface area contributed by atoms with Crippen molar-refractivity contribution in [2.45, 2.75) is 50.2 Å². The first-order valence-corrected chi connectivity index (χ1v) is 11.4. The van der Waals surface area contributed by atoms with Gasteiger partial charge in [0, 0.05) is 55.4 Å². The zero-order valence-electron chi connectivity index (χ0n) is 16.9. The quantitative estimate of drug-likeness (QED) is 0.597. The third-order valence-corrected chi connectivity index (χ3v) is 6.68. The van der Waals surface area contributed by atoms with Gasteiger partial charge in [-0.05, 0) is 62.2 Å². The van der Waals surface area contributed by atoms with Gasteiger partial charge in [0.1, 0.15) is 0 Å². The van der Waals surface area contributed by atoms with Gasteiger partial charge in [0.25, 0.3) is 0 Å². The first-order valence-electron chi connectivity index (χ1n) is 10.6. The predicted molar refractivity (Wildman–Crippen MR) is 122 cm³/mol. The number of fused-ring (bicyclic) bond motifs is 1. The van der Waals surface area contributed by atoms with Crippen molar-refractivity contribution in [1.82, 2.24) is 20.4 Å². The zero-order valence-corrected chi connectivity index (χ0v) is 18.5. The summed E-state index contributed by atoms with van der Waals surface area (Å²) in [7, 11) is 0. The van der Waals surface area contributed by atoms with Crippen LogP contribution in [0.1, 0.15) is 32.1 Å². The van der Waals surface area contributed by atoms with Crippen molar-refractivity contribution in [2.75, 3.05) is 31.5 Å². The predicted octanol–water partition coefficient (Wildman–Crippen LogP) is 1.97. The standard InChI is InChI=1S/C21H28ClN5O2S/c22-14-3-5-15(6-4-14)24-21(30)25-16-11-18-20(29)23-12-17(27(18)13-16)7-8-19(28)26-9-1-2-10-26/h3-6,16-18H,1-2,7-13H2,(H,23,29)(H2,24,25,30)/t16-,17+,18-/m0/s1. The minimum absolute atomic E-state index is 0.0676. The summed E-state index contributed by atoms with van der Waals surface area (Å²) in [4.78, 5) is 29.0. The van der Waals surface area contributed by atoms with Crippen LogP contribution in [0.4, 0.5) is 5.69 Å². The smallest absolute Gasteiger partial charge is 0.237 e. The third-order valence-electron chi connectivity index (χ3n) is 6.21. The molecule has 4 rings (SSSR count). The Morgan fingerprint density at radius 1 is 1.23 bits per heavy atom. The zero-order chi connectivity index (χ0) is 21.1. The molecule has 9 heteroatoms. The van der Waals surface area contributed by atoms with Gasteiger partial charge in [-0.25, -0.2) is 0 Å². The van der Waals surface area contributed by atoms with Crippen LogP contribution in [0.2, 0.25) is 5.02 Å². The van der Waals surface area contributed by atoms with Crippen molar-refractivity contribution < 1.29 is 9.59 Å². The number of hydrogen-bond donors (Lipinski definition) is 3. The van der Waals surface area contributed by atoms with Gasteiger partial charge in [0.05, 0.1) is 6.04 Å². The van der Waals surface area contributed by atoms with E-state index >= 15 is 0 Å². The minimum atomic E-state index is -0.165. The normalized spacial score (nSPS) is 26.2. The highest BCUT2D eigenvalue weighted by Crippen LogP contribution is 2.26. The number of nitrogens with one attached hydrogen (secondary N) is 3. The fourth-order valence-electron chi connectivity index (χ4n) is 4.65. The number of benzene rings is 1. The monoisotopic (exact) mass is 449 g/mol. The van der Waals surface area contributed by atoms with Crippen molar-refractivity contribution in [3.8, 4) is 0 Å². The van der Waals surface area contributed by atoms with Crippen molar-refractivity contribution in [2.24, 2.45) is 0 Å². The number of thiocarbonyl (C=S) groups is 1. The lowest BCUT2D eigenvalue weighted by Gasteiger charge is -2.37. The van der Waals surface area contributed by atoms with Crippen molar-refractivity contribution >= 4 is 46.4 Å². The van der Waals surface area contributed by atoms with Crippen LogP contribution in [-0.2, 0) is 9.59 Å². The topological polar surface area (TPSA) is 76.7 Å². The molecule has 3 fully saturated rings. The molecule has 7 nitrogen and oxygen atoms in total. The molecular formula is C21H28ClN5O2S. The number of likely N-dealkylation sites (tertiary alicyclic amines) is 1. The Hall–Kier alpha value is -1.90. The summed E-state index contributed by atoms with van der Waals surface area (Å²) < 4.78 is 0. The average molecular weight is 450 g/mol. The molecule has 0 aromatic heterocycles. The maximum atomic E-state index is 12.4. The Kier molecular flexibility index (Phi) is 6.75. The van der Waals surface area contributed by atoms with Crippen molar-refractivity contribution in [3.05, 3.63) is 29.3 Å². The van der Waals surface area contributed by atoms with Gasteiger partial charge in [-0.1, -0.05) is 11.6 Å². The van der Waals surface area contributed by atoms with Crippen LogP contribution >= 0.6 is 23.8 Å². The van der Waals surface area contributed by atoms with Gasteiger partial charge < -0.3 is 20.9 Å². The Bertz CT molecular complexity index is 799. The SMILES string of the molecule is O=C1NC[C@@H](CCC(=O)N2CCCC2)N2C[C@@H](NC(=S)Nc3ccc(Cl)cc3)C[C@@H]12. The summed E-state index contributed by atoms with van der Waals surface area (Å²) in [5, 5.41) is 10.7. The van der Waals surface area contributed by atoms with E-state index in [1.54, 1.807) is 12.1 Å². The average Bonchev–Trinajstić information content (AvgIpc) is 3.39. The number of nitrogens with zero attached hydrogens (tertiary/aromatic N) is 2. The second kappa shape index (κ2) is 9.49. The molecule has 0 aliphatic carbocycles. The Labute approximate surface area is 187 Å². The summed E-state index contributed by atoms with van der Waals surface area (Å²) >= 11 is 11.4.